The van der Waals surface area contributed by atoms with E-state index in [1.807, 2.05) is 34.8 Å². The predicted octanol–water partition coefficient (Wildman–Crippen LogP) is 11.8. The lowest BCUT2D eigenvalue weighted by atomic mass is 10.1. The molecule has 3 heterocycles. The second kappa shape index (κ2) is 8.43. The SMILES string of the molecule is c1ccc2c(c1)oc1ccc(N(c3ccc4sc5ccccc5c4c3)c3ccc4sc5ccccc5c4c3)cc12. The molecule has 9 aromatic rings. The normalized spacial score (nSPS) is 12.0. The summed E-state index contributed by atoms with van der Waals surface area (Å²) in [6.07, 6.45) is 0. The Morgan fingerprint density at radius 2 is 0.825 bits per heavy atom. The molecule has 0 bridgehead atoms. The Bertz CT molecular complexity index is 2140. The zero-order valence-electron chi connectivity index (χ0n) is 21.3. The molecule has 0 aliphatic heterocycles. The maximum atomic E-state index is 6.17. The highest BCUT2D eigenvalue weighted by Crippen LogP contribution is 2.44. The van der Waals surface area contributed by atoms with Crippen LogP contribution in [0.15, 0.2) is 132 Å². The molecule has 9 rings (SSSR count). The van der Waals surface area contributed by atoms with Gasteiger partial charge in [-0.3, -0.25) is 0 Å². The van der Waals surface area contributed by atoms with Crippen molar-refractivity contribution in [3.8, 4) is 0 Å². The Morgan fingerprint density at radius 3 is 1.45 bits per heavy atom. The van der Waals surface area contributed by atoms with Gasteiger partial charge in [-0.15, -0.1) is 22.7 Å². The number of nitrogens with zero attached hydrogens (tertiary/aromatic N) is 1. The fourth-order valence-corrected chi connectivity index (χ4v) is 8.18. The van der Waals surface area contributed by atoms with Gasteiger partial charge in [0, 0.05) is 68.2 Å². The van der Waals surface area contributed by atoms with Crippen LogP contribution in [0.3, 0.4) is 0 Å². The first-order valence-corrected chi connectivity index (χ1v) is 15.0. The van der Waals surface area contributed by atoms with Gasteiger partial charge in [-0.25, -0.2) is 0 Å². The number of para-hydroxylation sites is 1. The number of thiophene rings is 2. The monoisotopic (exact) mass is 547 g/mol. The summed E-state index contributed by atoms with van der Waals surface area (Å²) in [5.41, 5.74) is 5.21. The third-order valence-corrected chi connectivity index (χ3v) is 10.2. The van der Waals surface area contributed by atoms with Gasteiger partial charge in [0.2, 0.25) is 0 Å². The van der Waals surface area contributed by atoms with Gasteiger partial charge in [-0.2, -0.15) is 0 Å². The number of furan rings is 1. The maximum absolute atomic E-state index is 6.17. The second-order valence-electron chi connectivity index (χ2n) is 10.2. The molecule has 0 saturated carbocycles. The summed E-state index contributed by atoms with van der Waals surface area (Å²) >= 11 is 3.71. The molecule has 0 spiro atoms. The van der Waals surface area contributed by atoms with E-state index in [9.17, 15) is 0 Å². The van der Waals surface area contributed by atoms with Crippen molar-refractivity contribution in [3.05, 3.63) is 127 Å². The van der Waals surface area contributed by atoms with E-state index in [-0.39, 0.29) is 0 Å². The van der Waals surface area contributed by atoms with Crippen molar-refractivity contribution < 1.29 is 4.42 Å². The molecule has 0 amide bonds. The minimum Gasteiger partial charge on any atom is -0.456 e. The second-order valence-corrected chi connectivity index (χ2v) is 12.3. The summed E-state index contributed by atoms with van der Waals surface area (Å²) < 4.78 is 11.4. The average molecular weight is 548 g/mol. The molecule has 0 saturated heterocycles. The number of hydrogen-bond donors (Lipinski definition) is 0. The van der Waals surface area contributed by atoms with E-state index < -0.39 is 0 Å². The highest BCUT2D eigenvalue weighted by Gasteiger charge is 2.18. The standard InChI is InChI=1S/C36H21NOS2/c1-4-10-31-25(7-1)28-19-22(13-16-32(28)38-31)37(23-14-17-35-29(20-23)26-8-2-5-11-33(26)39-35)24-15-18-36-30(21-24)27-9-3-6-12-34(27)40-36/h1-21H. The Labute approximate surface area is 237 Å². The van der Waals surface area contributed by atoms with Crippen molar-refractivity contribution in [1.29, 1.82) is 0 Å². The fraction of sp³-hybridized carbons (Fsp3) is 0. The van der Waals surface area contributed by atoms with Gasteiger partial charge in [0.1, 0.15) is 11.2 Å². The number of rotatable bonds is 3. The van der Waals surface area contributed by atoms with Gasteiger partial charge in [0.05, 0.1) is 0 Å². The molecule has 40 heavy (non-hydrogen) atoms. The summed E-state index contributed by atoms with van der Waals surface area (Å²) in [5, 5.41) is 7.46. The van der Waals surface area contributed by atoms with Gasteiger partial charge in [0.15, 0.2) is 0 Å². The van der Waals surface area contributed by atoms with E-state index in [0.717, 1.165) is 39.0 Å². The van der Waals surface area contributed by atoms with Crippen LogP contribution in [0.4, 0.5) is 17.1 Å². The first-order valence-electron chi connectivity index (χ1n) is 13.3. The van der Waals surface area contributed by atoms with Crippen LogP contribution in [-0.4, -0.2) is 0 Å². The summed E-state index contributed by atoms with van der Waals surface area (Å²) in [6.45, 7) is 0. The molecule has 188 valence electrons. The molecule has 0 N–H and O–H groups in total. The van der Waals surface area contributed by atoms with Crippen LogP contribution in [0.2, 0.25) is 0 Å². The van der Waals surface area contributed by atoms with Crippen molar-refractivity contribution in [2.24, 2.45) is 0 Å². The fourth-order valence-electron chi connectivity index (χ4n) is 6.01. The van der Waals surface area contributed by atoms with Gasteiger partial charge in [0.25, 0.3) is 0 Å². The van der Waals surface area contributed by atoms with Crippen LogP contribution in [0.25, 0.3) is 62.3 Å². The third kappa shape index (κ3) is 3.27. The summed E-state index contributed by atoms with van der Waals surface area (Å²) in [4.78, 5) is 2.39. The van der Waals surface area contributed by atoms with Crippen molar-refractivity contribution in [1.82, 2.24) is 0 Å². The Balaban J connectivity index is 1.32. The van der Waals surface area contributed by atoms with E-state index in [4.69, 9.17) is 4.42 Å². The lowest BCUT2D eigenvalue weighted by molar-refractivity contribution is 0.669. The molecule has 4 heteroatoms. The van der Waals surface area contributed by atoms with Crippen LogP contribution in [0.1, 0.15) is 0 Å². The molecular formula is C36H21NOS2. The minimum atomic E-state index is 0.906. The lowest BCUT2D eigenvalue weighted by Crippen LogP contribution is -2.09. The molecule has 0 radical (unpaired) electrons. The number of anilines is 3. The van der Waals surface area contributed by atoms with Gasteiger partial charge < -0.3 is 9.32 Å². The number of hydrogen-bond acceptors (Lipinski definition) is 4. The molecule has 0 unspecified atom stereocenters. The molecular weight excluding hydrogens is 527 g/mol. The van der Waals surface area contributed by atoms with Crippen LogP contribution in [-0.2, 0) is 0 Å². The summed E-state index contributed by atoms with van der Waals surface area (Å²) in [6, 6.07) is 46.0. The number of fused-ring (bicyclic) bond motifs is 9. The molecule has 3 aromatic heterocycles. The van der Waals surface area contributed by atoms with Crippen molar-refractivity contribution in [2.75, 3.05) is 4.90 Å². The zero-order chi connectivity index (χ0) is 26.2. The molecule has 0 aliphatic carbocycles. The Hall–Kier alpha value is -4.64. The first-order chi connectivity index (χ1) is 19.8. The van der Waals surface area contributed by atoms with Crippen LogP contribution >= 0.6 is 22.7 Å². The molecule has 2 nitrogen and oxygen atoms in total. The Kier molecular flexibility index (Phi) is 4.68. The van der Waals surface area contributed by atoms with Crippen LogP contribution < -0.4 is 4.90 Å². The van der Waals surface area contributed by atoms with E-state index >= 15 is 0 Å². The van der Waals surface area contributed by atoms with Crippen LogP contribution in [0, 0.1) is 0 Å². The lowest BCUT2D eigenvalue weighted by Gasteiger charge is -2.26. The topological polar surface area (TPSA) is 16.4 Å². The van der Waals surface area contributed by atoms with E-state index in [0.29, 0.717) is 0 Å². The van der Waals surface area contributed by atoms with E-state index in [1.54, 1.807) is 0 Å². The largest absolute Gasteiger partial charge is 0.456 e. The summed E-state index contributed by atoms with van der Waals surface area (Å²) in [7, 11) is 0. The molecule has 0 aliphatic rings. The van der Waals surface area contributed by atoms with Crippen molar-refractivity contribution in [3.63, 3.8) is 0 Å². The zero-order valence-corrected chi connectivity index (χ0v) is 22.9. The van der Waals surface area contributed by atoms with Crippen LogP contribution in [0.5, 0.6) is 0 Å². The smallest absolute Gasteiger partial charge is 0.135 e. The molecule has 0 atom stereocenters. The minimum absolute atomic E-state index is 0.906. The van der Waals surface area contributed by atoms with Crippen molar-refractivity contribution >= 4 is 102 Å². The molecule has 0 fully saturated rings. The van der Waals surface area contributed by atoms with Gasteiger partial charge in [-0.1, -0.05) is 54.6 Å². The highest BCUT2D eigenvalue weighted by atomic mass is 32.1. The first kappa shape index (κ1) is 22.2. The van der Waals surface area contributed by atoms with E-state index in [1.165, 1.54) is 40.3 Å². The quantitative estimate of drug-likeness (QED) is 0.219. The predicted molar refractivity (Wildman–Crippen MR) is 174 cm³/mol. The average Bonchev–Trinajstić information content (AvgIpc) is 3.68. The summed E-state index contributed by atoms with van der Waals surface area (Å²) in [5.74, 6) is 0. The maximum Gasteiger partial charge on any atom is 0.135 e. The van der Waals surface area contributed by atoms with Crippen molar-refractivity contribution in [2.45, 2.75) is 0 Å². The third-order valence-electron chi connectivity index (χ3n) is 7.86. The van der Waals surface area contributed by atoms with Gasteiger partial charge >= 0.3 is 0 Å². The molecule has 6 aromatic carbocycles. The Morgan fingerprint density at radius 1 is 0.375 bits per heavy atom. The van der Waals surface area contributed by atoms with E-state index in [2.05, 4.69) is 120 Å². The highest BCUT2D eigenvalue weighted by molar-refractivity contribution is 7.26. The van der Waals surface area contributed by atoms with Gasteiger partial charge in [-0.05, 0) is 72.8 Å². The number of benzene rings is 6.